The van der Waals surface area contributed by atoms with Gasteiger partial charge in [-0.05, 0) is 55.4 Å². The summed E-state index contributed by atoms with van der Waals surface area (Å²) in [6.45, 7) is 5.79. The number of thiocarbonyl (C=S) groups is 1. The minimum absolute atomic E-state index is 0.238. The van der Waals surface area contributed by atoms with E-state index >= 15 is 0 Å². The van der Waals surface area contributed by atoms with Gasteiger partial charge in [0.15, 0.2) is 5.11 Å². The third-order valence-corrected chi connectivity index (χ3v) is 3.63. The first-order chi connectivity index (χ1) is 11.0. The van der Waals surface area contributed by atoms with Crippen molar-refractivity contribution in [3.63, 3.8) is 0 Å². The van der Waals surface area contributed by atoms with E-state index in [1.54, 1.807) is 12.1 Å². The average Bonchev–Trinajstić information content (AvgIpc) is 2.52. The maximum Gasteiger partial charge on any atom is 0.166 e. The standard InChI is InChI=1S/C18H21FN2OS/c1-13-3-8-17(14(2)11-13)22-10-9-20-18(23)21-12-15-4-6-16(19)7-5-15/h3-8,11H,9-10,12H2,1-2H3,(H2,20,21,23). The highest BCUT2D eigenvalue weighted by molar-refractivity contribution is 7.80. The van der Waals surface area contributed by atoms with Crippen LogP contribution in [0.5, 0.6) is 5.75 Å². The van der Waals surface area contributed by atoms with E-state index in [0.29, 0.717) is 24.8 Å². The Labute approximate surface area is 141 Å². The zero-order chi connectivity index (χ0) is 16.7. The van der Waals surface area contributed by atoms with E-state index in [4.69, 9.17) is 17.0 Å². The fourth-order valence-electron chi connectivity index (χ4n) is 2.13. The third kappa shape index (κ3) is 5.87. The Balaban J connectivity index is 1.65. The zero-order valence-electron chi connectivity index (χ0n) is 13.4. The summed E-state index contributed by atoms with van der Waals surface area (Å²) in [5.74, 6) is 0.653. The summed E-state index contributed by atoms with van der Waals surface area (Å²) >= 11 is 5.20. The third-order valence-electron chi connectivity index (χ3n) is 3.34. The van der Waals surface area contributed by atoms with Crippen LogP contribution in [0, 0.1) is 19.7 Å². The second kappa shape index (κ2) is 8.48. The molecule has 5 heteroatoms. The molecule has 3 nitrogen and oxygen atoms in total. The number of halogens is 1. The van der Waals surface area contributed by atoms with Crippen molar-refractivity contribution in [1.82, 2.24) is 10.6 Å². The maximum atomic E-state index is 12.8. The smallest absolute Gasteiger partial charge is 0.166 e. The van der Waals surface area contributed by atoms with Crippen LogP contribution >= 0.6 is 12.2 Å². The highest BCUT2D eigenvalue weighted by Gasteiger charge is 2.00. The van der Waals surface area contributed by atoms with Gasteiger partial charge in [-0.3, -0.25) is 0 Å². The number of benzene rings is 2. The van der Waals surface area contributed by atoms with Crippen molar-refractivity contribution in [2.24, 2.45) is 0 Å². The lowest BCUT2D eigenvalue weighted by atomic mass is 10.1. The minimum atomic E-state index is -0.238. The molecule has 0 unspecified atom stereocenters. The van der Waals surface area contributed by atoms with E-state index in [0.717, 1.165) is 16.9 Å². The summed E-state index contributed by atoms with van der Waals surface area (Å²) in [6.07, 6.45) is 0. The van der Waals surface area contributed by atoms with Crippen LogP contribution in [0.15, 0.2) is 42.5 Å². The number of nitrogens with one attached hydrogen (secondary N) is 2. The molecular weight excluding hydrogens is 311 g/mol. The molecular formula is C18H21FN2OS. The monoisotopic (exact) mass is 332 g/mol. The zero-order valence-corrected chi connectivity index (χ0v) is 14.2. The van der Waals surface area contributed by atoms with Gasteiger partial charge in [0.2, 0.25) is 0 Å². The predicted octanol–water partition coefficient (Wildman–Crippen LogP) is 3.49. The van der Waals surface area contributed by atoms with E-state index in [1.165, 1.54) is 17.7 Å². The molecule has 2 rings (SSSR count). The van der Waals surface area contributed by atoms with Crippen LogP contribution in [0.3, 0.4) is 0 Å². The summed E-state index contributed by atoms with van der Waals surface area (Å²) in [7, 11) is 0. The minimum Gasteiger partial charge on any atom is -0.491 e. The molecule has 0 fully saturated rings. The van der Waals surface area contributed by atoms with E-state index in [2.05, 4.69) is 23.6 Å². The largest absolute Gasteiger partial charge is 0.491 e. The van der Waals surface area contributed by atoms with Gasteiger partial charge in [0.05, 0.1) is 6.54 Å². The molecule has 2 aromatic carbocycles. The molecule has 23 heavy (non-hydrogen) atoms. The summed E-state index contributed by atoms with van der Waals surface area (Å²) in [4.78, 5) is 0. The van der Waals surface area contributed by atoms with Gasteiger partial charge in [-0.2, -0.15) is 0 Å². The molecule has 0 atom stereocenters. The van der Waals surface area contributed by atoms with Gasteiger partial charge in [-0.25, -0.2) is 4.39 Å². The van der Waals surface area contributed by atoms with Gasteiger partial charge < -0.3 is 15.4 Å². The van der Waals surface area contributed by atoms with Crippen molar-refractivity contribution in [3.05, 3.63) is 65.0 Å². The number of aryl methyl sites for hydroxylation is 2. The molecule has 0 aliphatic heterocycles. The van der Waals surface area contributed by atoms with Crippen molar-refractivity contribution in [3.8, 4) is 5.75 Å². The molecule has 0 radical (unpaired) electrons. The van der Waals surface area contributed by atoms with Crippen molar-refractivity contribution in [1.29, 1.82) is 0 Å². The highest BCUT2D eigenvalue weighted by Crippen LogP contribution is 2.18. The maximum absolute atomic E-state index is 12.8. The lowest BCUT2D eigenvalue weighted by Crippen LogP contribution is -2.37. The van der Waals surface area contributed by atoms with Gasteiger partial charge in [0.25, 0.3) is 0 Å². The Hall–Kier alpha value is -2.14. The highest BCUT2D eigenvalue weighted by atomic mass is 32.1. The topological polar surface area (TPSA) is 33.3 Å². The summed E-state index contributed by atoms with van der Waals surface area (Å²) in [6, 6.07) is 12.4. The van der Waals surface area contributed by atoms with Crippen molar-refractivity contribution < 1.29 is 9.13 Å². The SMILES string of the molecule is Cc1ccc(OCCNC(=S)NCc2ccc(F)cc2)c(C)c1. The molecule has 0 aliphatic carbocycles. The van der Waals surface area contributed by atoms with E-state index in [9.17, 15) is 4.39 Å². The van der Waals surface area contributed by atoms with Crippen LogP contribution in [0.25, 0.3) is 0 Å². The van der Waals surface area contributed by atoms with Crippen molar-refractivity contribution in [2.45, 2.75) is 20.4 Å². The molecule has 0 saturated carbocycles. The van der Waals surface area contributed by atoms with E-state index in [-0.39, 0.29) is 5.82 Å². The Morgan fingerprint density at radius 2 is 1.83 bits per heavy atom. The normalized spacial score (nSPS) is 10.2. The fraction of sp³-hybridized carbons (Fsp3) is 0.278. The van der Waals surface area contributed by atoms with Gasteiger partial charge in [0, 0.05) is 6.54 Å². The van der Waals surface area contributed by atoms with Crippen LogP contribution in [0.2, 0.25) is 0 Å². The number of ether oxygens (including phenoxy) is 1. The van der Waals surface area contributed by atoms with Crippen LogP contribution in [-0.2, 0) is 6.54 Å². The first-order valence-electron chi connectivity index (χ1n) is 7.51. The Bertz CT molecular complexity index is 659. The molecule has 0 heterocycles. The molecule has 0 bridgehead atoms. The predicted molar refractivity (Wildman–Crippen MR) is 95.3 cm³/mol. The molecule has 2 aromatic rings. The lowest BCUT2D eigenvalue weighted by Gasteiger charge is -2.12. The molecule has 2 N–H and O–H groups in total. The second-order valence-electron chi connectivity index (χ2n) is 5.35. The van der Waals surface area contributed by atoms with Crippen molar-refractivity contribution in [2.75, 3.05) is 13.2 Å². The quantitative estimate of drug-likeness (QED) is 0.627. The van der Waals surface area contributed by atoms with Gasteiger partial charge in [-0.15, -0.1) is 0 Å². The van der Waals surface area contributed by atoms with E-state index in [1.807, 2.05) is 19.1 Å². The molecule has 0 spiro atoms. The Morgan fingerprint density at radius 1 is 1.09 bits per heavy atom. The van der Waals surface area contributed by atoms with E-state index < -0.39 is 0 Å². The molecule has 0 aromatic heterocycles. The number of hydrogen-bond acceptors (Lipinski definition) is 2. The van der Waals surface area contributed by atoms with Gasteiger partial charge in [-0.1, -0.05) is 29.8 Å². The fourth-order valence-corrected chi connectivity index (χ4v) is 2.31. The van der Waals surface area contributed by atoms with Crippen LogP contribution < -0.4 is 15.4 Å². The number of hydrogen-bond donors (Lipinski definition) is 2. The number of rotatable bonds is 6. The van der Waals surface area contributed by atoms with Crippen LogP contribution in [0.4, 0.5) is 4.39 Å². The summed E-state index contributed by atoms with van der Waals surface area (Å²) < 4.78 is 18.5. The average molecular weight is 332 g/mol. The Kier molecular flexibility index (Phi) is 6.35. The Morgan fingerprint density at radius 3 is 2.52 bits per heavy atom. The van der Waals surface area contributed by atoms with Gasteiger partial charge >= 0.3 is 0 Å². The molecule has 0 saturated heterocycles. The van der Waals surface area contributed by atoms with Crippen LogP contribution in [-0.4, -0.2) is 18.3 Å². The first-order valence-corrected chi connectivity index (χ1v) is 7.91. The molecule has 122 valence electrons. The molecule has 0 aliphatic rings. The second-order valence-corrected chi connectivity index (χ2v) is 5.76. The summed E-state index contributed by atoms with van der Waals surface area (Å²) in [5.41, 5.74) is 3.32. The van der Waals surface area contributed by atoms with Crippen LogP contribution in [0.1, 0.15) is 16.7 Å². The van der Waals surface area contributed by atoms with Crippen molar-refractivity contribution >= 4 is 17.3 Å². The molecule has 0 amide bonds. The lowest BCUT2D eigenvalue weighted by molar-refractivity contribution is 0.320. The first kappa shape index (κ1) is 17.2. The van der Waals surface area contributed by atoms with Gasteiger partial charge in [0.1, 0.15) is 18.2 Å². The summed E-state index contributed by atoms with van der Waals surface area (Å²) in [5, 5.41) is 6.72.